The van der Waals surface area contributed by atoms with Gasteiger partial charge in [0.25, 0.3) is 5.91 Å². The average molecular weight is 388 g/mol. The van der Waals surface area contributed by atoms with Gasteiger partial charge in [-0.1, -0.05) is 19.3 Å². The van der Waals surface area contributed by atoms with Gasteiger partial charge in [0.05, 0.1) is 12.6 Å². The van der Waals surface area contributed by atoms with E-state index in [1.165, 1.54) is 19.3 Å². The summed E-state index contributed by atoms with van der Waals surface area (Å²) in [5.74, 6) is -0.103. The maximum Gasteiger partial charge on any atom is 0.325 e. The molecule has 1 saturated carbocycles. The molecule has 1 saturated heterocycles. The topological polar surface area (TPSA) is 108 Å². The molecule has 1 aliphatic heterocycles. The molecule has 1 aromatic heterocycles. The van der Waals surface area contributed by atoms with Crippen LogP contribution in [0, 0.1) is 6.92 Å². The van der Waals surface area contributed by atoms with Crippen LogP contribution in [0.5, 0.6) is 0 Å². The first-order chi connectivity index (χ1) is 13.4. The normalized spacial score (nSPS) is 18.8. The lowest BCUT2D eigenvalue weighted by molar-refractivity contribution is -0.130. The number of amides is 4. The van der Waals surface area contributed by atoms with Crippen LogP contribution in [-0.2, 0) is 9.59 Å². The number of carbonyl (C=O) groups is 3. The summed E-state index contributed by atoms with van der Waals surface area (Å²) >= 11 is 0. The first kappa shape index (κ1) is 20.0. The van der Waals surface area contributed by atoms with E-state index in [1.54, 1.807) is 6.20 Å². The Bertz CT molecular complexity index is 746. The van der Waals surface area contributed by atoms with Crippen molar-refractivity contribution in [3.8, 4) is 0 Å². The molecule has 0 aromatic carbocycles. The molecule has 9 heteroatoms. The molecule has 2 heterocycles. The number of rotatable bonds is 6. The van der Waals surface area contributed by atoms with Crippen molar-refractivity contribution >= 4 is 23.8 Å². The molecular formula is C19H28N6O3. The van der Waals surface area contributed by atoms with Crippen LogP contribution in [0.25, 0.3) is 0 Å². The van der Waals surface area contributed by atoms with Crippen molar-refractivity contribution in [1.82, 2.24) is 25.5 Å². The number of nitrogens with zero attached hydrogens (tertiary/aromatic N) is 4. The lowest BCUT2D eigenvalue weighted by atomic mass is 9.95. The van der Waals surface area contributed by atoms with Crippen molar-refractivity contribution in [2.45, 2.75) is 58.0 Å². The SMILES string of the molecule is Cc1nc(N(C)C2CCCCC2)ncc1C(C)NC(=O)CN1C(=O)CNC1=O. The summed E-state index contributed by atoms with van der Waals surface area (Å²) in [4.78, 5) is 47.6. The Balaban J connectivity index is 1.62. The lowest BCUT2D eigenvalue weighted by Crippen LogP contribution is -2.41. The highest BCUT2D eigenvalue weighted by molar-refractivity contribution is 6.04. The van der Waals surface area contributed by atoms with E-state index < -0.39 is 17.8 Å². The zero-order valence-electron chi connectivity index (χ0n) is 16.7. The van der Waals surface area contributed by atoms with Crippen LogP contribution in [0.15, 0.2) is 6.20 Å². The predicted octanol–water partition coefficient (Wildman–Crippen LogP) is 1.28. The standard InChI is InChI=1S/C19H28N6O3/c1-12(22-16(26)11-25-17(27)10-21-19(25)28)15-9-20-18(23-13(15)2)24(3)14-7-5-4-6-8-14/h9,12,14H,4-8,10-11H2,1-3H3,(H,21,28)(H,22,26). The molecule has 152 valence electrons. The monoisotopic (exact) mass is 388 g/mol. The highest BCUT2D eigenvalue weighted by atomic mass is 16.2. The minimum Gasteiger partial charge on any atom is -0.348 e. The van der Waals surface area contributed by atoms with Gasteiger partial charge in [0.15, 0.2) is 0 Å². The van der Waals surface area contributed by atoms with Gasteiger partial charge in [-0.15, -0.1) is 0 Å². The van der Waals surface area contributed by atoms with Crippen molar-refractivity contribution in [1.29, 1.82) is 0 Å². The number of nitrogens with one attached hydrogen (secondary N) is 2. The number of hydrogen-bond acceptors (Lipinski definition) is 6. The Hall–Kier alpha value is -2.71. The van der Waals surface area contributed by atoms with E-state index in [-0.39, 0.29) is 19.1 Å². The van der Waals surface area contributed by atoms with E-state index in [0.717, 1.165) is 29.0 Å². The predicted molar refractivity (Wildman–Crippen MR) is 104 cm³/mol. The molecule has 2 aliphatic rings. The van der Waals surface area contributed by atoms with Gasteiger partial charge in [-0.25, -0.2) is 14.8 Å². The summed E-state index contributed by atoms with van der Waals surface area (Å²) in [5.41, 5.74) is 1.61. The fourth-order valence-corrected chi connectivity index (χ4v) is 3.81. The minimum atomic E-state index is -0.539. The maximum absolute atomic E-state index is 12.2. The number of anilines is 1. The fraction of sp³-hybridized carbons (Fsp3) is 0.632. The summed E-state index contributed by atoms with van der Waals surface area (Å²) in [5, 5.41) is 5.21. The first-order valence-corrected chi connectivity index (χ1v) is 9.80. The summed E-state index contributed by atoms with van der Waals surface area (Å²) in [6.07, 6.45) is 7.85. The number of urea groups is 1. The van der Waals surface area contributed by atoms with Crippen molar-refractivity contribution in [2.75, 3.05) is 25.0 Å². The van der Waals surface area contributed by atoms with Gasteiger partial charge in [-0.2, -0.15) is 0 Å². The third-order valence-electron chi connectivity index (χ3n) is 5.53. The molecule has 0 bridgehead atoms. The molecule has 0 spiro atoms. The molecule has 4 amide bonds. The van der Waals surface area contributed by atoms with Gasteiger partial charge in [-0.3, -0.25) is 14.5 Å². The fourth-order valence-electron chi connectivity index (χ4n) is 3.81. The van der Waals surface area contributed by atoms with E-state index in [4.69, 9.17) is 0 Å². The molecule has 9 nitrogen and oxygen atoms in total. The third kappa shape index (κ3) is 4.40. The summed E-state index contributed by atoms with van der Waals surface area (Å²) in [7, 11) is 2.04. The number of imide groups is 1. The van der Waals surface area contributed by atoms with Crippen LogP contribution in [-0.4, -0.2) is 58.9 Å². The molecule has 0 radical (unpaired) electrons. The maximum atomic E-state index is 12.2. The molecule has 1 unspecified atom stereocenters. The highest BCUT2D eigenvalue weighted by Gasteiger charge is 2.30. The van der Waals surface area contributed by atoms with E-state index in [0.29, 0.717) is 12.0 Å². The van der Waals surface area contributed by atoms with Gasteiger partial charge in [0, 0.05) is 30.5 Å². The average Bonchev–Trinajstić information content (AvgIpc) is 2.99. The van der Waals surface area contributed by atoms with Crippen molar-refractivity contribution in [2.24, 2.45) is 0 Å². The van der Waals surface area contributed by atoms with Crippen LogP contribution in [0.2, 0.25) is 0 Å². The van der Waals surface area contributed by atoms with Gasteiger partial charge >= 0.3 is 6.03 Å². The molecule has 28 heavy (non-hydrogen) atoms. The van der Waals surface area contributed by atoms with Crippen molar-refractivity contribution < 1.29 is 14.4 Å². The Morgan fingerprint density at radius 1 is 1.36 bits per heavy atom. The second-order valence-corrected chi connectivity index (χ2v) is 7.54. The smallest absolute Gasteiger partial charge is 0.325 e. The Morgan fingerprint density at radius 2 is 2.07 bits per heavy atom. The lowest BCUT2D eigenvalue weighted by Gasteiger charge is -2.31. The van der Waals surface area contributed by atoms with Crippen molar-refractivity contribution in [3.63, 3.8) is 0 Å². The number of carbonyl (C=O) groups excluding carboxylic acids is 3. The van der Waals surface area contributed by atoms with Gasteiger partial charge in [-0.05, 0) is 26.7 Å². The summed E-state index contributed by atoms with van der Waals surface area (Å²) in [6.45, 7) is 3.37. The second-order valence-electron chi connectivity index (χ2n) is 7.54. The Labute approximate surface area is 164 Å². The Kier molecular flexibility index (Phi) is 6.11. The van der Waals surface area contributed by atoms with Crippen LogP contribution in [0.4, 0.5) is 10.7 Å². The number of hydrogen-bond donors (Lipinski definition) is 2. The second kappa shape index (κ2) is 8.53. The van der Waals surface area contributed by atoms with Gasteiger partial charge in [0.1, 0.15) is 6.54 Å². The first-order valence-electron chi connectivity index (χ1n) is 9.80. The Morgan fingerprint density at radius 3 is 2.68 bits per heavy atom. The van der Waals surface area contributed by atoms with E-state index >= 15 is 0 Å². The highest BCUT2D eigenvalue weighted by Crippen LogP contribution is 2.25. The van der Waals surface area contributed by atoms with Gasteiger partial charge < -0.3 is 15.5 Å². The molecular weight excluding hydrogens is 360 g/mol. The third-order valence-corrected chi connectivity index (χ3v) is 5.53. The molecule has 1 atom stereocenters. The number of aromatic nitrogens is 2. The van der Waals surface area contributed by atoms with E-state index in [1.807, 2.05) is 20.9 Å². The van der Waals surface area contributed by atoms with E-state index in [9.17, 15) is 14.4 Å². The van der Waals surface area contributed by atoms with E-state index in [2.05, 4.69) is 25.5 Å². The summed E-state index contributed by atoms with van der Waals surface area (Å²) in [6, 6.07) is -0.398. The molecule has 3 rings (SSSR count). The summed E-state index contributed by atoms with van der Waals surface area (Å²) < 4.78 is 0. The molecule has 1 aromatic rings. The zero-order valence-corrected chi connectivity index (χ0v) is 16.7. The van der Waals surface area contributed by atoms with Crippen LogP contribution >= 0.6 is 0 Å². The zero-order chi connectivity index (χ0) is 20.3. The van der Waals surface area contributed by atoms with Crippen LogP contribution in [0.3, 0.4) is 0 Å². The molecule has 2 fully saturated rings. The quantitative estimate of drug-likeness (QED) is 0.711. The molecule has 1 aliphatic carbocycles. The van der Waals surface area contributed by atoms with Crippen LogP contribution < -0.4 is 15.5 Å². The minimum absolute atomic E-state index is 0.0649. The van der Waals surface area contributed by atoms with Crippen molar-refractivity contribution in [3.05, 3.63) is 17.5 Å². The molecule has 2 N–H and O–H groups in total. The number of aryl methyl sites for hydroxylation is 1. The largest absolute Gasteiger partial charge is 0.348 e. The van der Waals surface area contributed by atoms with Crippen LogP contribution in [0.1, 0.15) is 56.3 Å². The van der Waals surface area contributed by atoms with Gasteiger partial charge in [0.2, 0.25) is 11.9 Å².